The third-order valence-corrected chi connectivity index (χ3v) is 5.57. The zero-order chi connectivity index (χ0) is 25.1. The molecule has 0 fully saturated rings. The molecular formula is C26H22N8O2. The first-order chi connectivity index (χ1) is 17.5. The number of aryl methyl sites for hydroxylation is 2. The molecule has 2 aromatic heterocycles. The van der Waals surface area contributed by atoms with E-state index in [-0.39, 0.29) is 11.8 Å². The molecule has 10 nitrogen and oxygen atoms in total. The van der Waals surface area contributed by atoms with Crippen molar-refractivity contribution < 1.29 is 9.59 Å². The second kappa shape index (κ2) is 9.63. The second-order valence-electron chi connectivity index (χ2n) is 8.18. The van der Waals surface area contributed by atoms with Crippen LogP contribution in [0.2, 0.25) is 0 Å². The number of carbonyl (C=O) groups is 2. The predicted molar refractivity (Wildman–Crippen MR) is 135 cm³/mol. The summed E-state index contributed by atoms with van der Waals surface area (Å²) in [6, 6.07) is 21.2. The largest absolute Gasteiger partial charge is 0.322 e. The molecule has 0 atom stereocenters. The highest BCUT2D eigenvalue weighted by atomic mass is 16.2. The van der Waals surface area contributed by atoms with Crippen molar-refractivity contribution >= 4 is 23.2 Å². The van der Waals surface area contributed by atoms with E-state index < -0.39 is 0 Å². The molecule has 0 saturated carbocycles. The summed E-state index contributed by atoms with van der Waals surface area (Å²) in [7, 11) is 3.70. The summed E-state index contributed by atoms with van der Waals surface area (Å²) < 4.78 is 3.60. The SMILES string of the molecule is Cn1cnnc1-c1cccc(NC(=O)c2cccc(C(=O)Nc3cccc(-c4nncn4C)c3)c2)c1. The molecule has 0 aliphatic heterocycles. The maximum Gasteiger partial charge on any atom is 0.255 e. The van der Waals surface area contributed by atoms with Crippen molar-refractivity contribution in [3.63, 3.8) is 0 Å². The molecule has 3 aromatic carbocycles. The lowest BCUT2D eigenvalue weighted by molar-refractivity contribution is 0.102. The van der Waals surface area contributed by atoms with Crippen LogP contribution in [0, 0.1) is 0 Å². The van der Waals surface area contributed by atoms with Gasteiger partial charge in [-0.05, 0) is 42.5 Å². The first-order valence-electron chi connectivity index (χ1n) is 11.1. The second-order valence-corrected chi connectivity index (χ2v) is 8.18. The summed E-state index contributed by atoms with van der Waals surface area (Å²) >= 11 is 0. The number of aromatic nitrogens is 6. The van der Waals surface area contributed by atoms with Crippen molar-refractivity contribution in [2.45, 2.75) is 0 Å². The Morgan fingerprint density at radius 1 is 0.639 bits per heavy atom. The monoisotopic (exact) mass is 478 g/mol. The smallest absolute Gasteiger partial charge is 0.255 e. The van der Waals surface area contributed by atoms with Crippen molar-refractivity contribution in [3.8, 4) is 22.8 Å². The van der Waals surface area contributed by atoms with Gasteiger partial charge in [0.05, 0.1) is 0 Å². The molecule has 0 saturated heterocycles. The first kappa shape index (κ1) is 22.7. The number of nitrogens with zero attached hydrogens (tertiary/aromatic N) is 6. The quantitative estimate of drug-likeness (QED) is 0.383. The van der Waals surface area contributed by atoms with Gasteiger partial charge in [-0.15, -0.1) is 20.4 Å². The molecule has 10 heteroatoms. The topological polar surface area (TPSA) is 120 Å². The van der Waals surface area contributed by atoms with E-state index >= 15 is 0 Å². The lowest BCUT2D eigenvalue weighted by atomic mass is 10.1. The van der Waals surface area contributed by atoms with Gasteiger partial charge >= 0.3 is 0 Å². The summed E-state index contributed by atoms with van der Waals surface area (Å²) in [5, 5.41) is 21.8. The van der Waals surface area contributed by atoms with E-state index in [0.29, 0.717) is 34.2 Å². The van der Waals surface area contributed by atoms with Crippen LogP contribution in [0.5, 0.6) is 0 Å². The van der Waals surface area contributed by atoms with Gasteiger partial charge in [-0.25, -0.2) is 0 Å². The van der Waals surface area contributed by atoms with E-state index in [2.05, 4.69) is 31.0 Å². The predicted octanol–water partition coefficient (Wildman–Crippen LogP) is 3.78. The van der Waals surface area contributed by atoms with Gasteiger partial charge in [-0.2, -0.15) is 0 Å². The van der Waals surface area contributed by atoms with Crippen molar-refractivity contribution in [1.29, 1.82) is 0 Å². The minimum atomic E-state index is -0.330. The molecule has 0 unspecified atom stereocenters. The highest BCUT2D eigenvalue weighted by Gasteiger charge is 2.13. The molecule has 2 amide bonds. The third kappa shape index (κ3) is 4.73. The van der Waals surface area contributed by atoms with Crippen LogP contribution in [0.25, 0.3) is 22.8 Å². The molecule has 0 aliphatic carbocycles. The summed E-state index contributed by atoms with van der Waals surface area (Å²) in [5.74, 6) is 0.717. The molecule has 0 bridgehead atoms. The van der Waals surface area contributed by atoms with Gasteiger partial charge in [0, 0.05) is 47.7 Å². The van der Waals surface area contributed by atoms with Crippen LogP contribution in [0.4, 0.5) is 11.4 Å². The van der Waals surface area contributed by atoms with Crippen LogP contribution in [-0.4, -0.2) is 41.3 Å². The number of amides is 2. The lowest BCUT2D eigenvalue weighted by Crippen LogP contribution is -2.15. The zero-order valence-electron chi connectivity index (χ0n) is 19.6. The molecule has 36 heavy (non-hydrogen) atoms. The number of hydrogen-bond acceptors (Lipinski definition) is 6. The van der Waals surface area contributed by atoms with Gasteiger partial charge in [-0.3, -0.25) is 9.59 Å². The number of hydrogen-bond donors (Lipinski definition) is 2. The standard InChI is InChI=1S/C26H22N8O2/c1-33-15-27-31-23(33)17-6-4-10-21(13-17)29-25(35)19-8-3-9-20(12-19)26(36)30-22-11-5-7-18(14-22)24-32-28-16-34(24)2/h3-16H,1-2H3,(H,29,35)(H,30,36). The van der Waals surface area contributed by atoms with Gasteiger partial charge in [0.15, 0.2) is 11.6 Å². The fourth-order valence-electron chi connectivity index (χ4n) is 3.77. The van der Waals surface area contributed by atoms with Crippen LogP contribution in [-0.2, 0) is 14.1 Å². The molecule has 2 N–H and O–H groups in total. The Hall–Kier alpha value is -5.12. The molecule has 178 valence electrons. The van der Waals surface area contributed by atoms with E-state index in [9.17, 15) is 9.59 Å². The van der Waals surface area contributed by atoms with Gasteiger partial charge in [-0.1, -0.05) is 30.3 Å². The minimum Gasteiger partial charge on any atom is -0.322 e. The fourth-order valence-corrected chi connectivity index (χ4v) is 3.77. The normalized spacial score (nSPS) is 10.7. The van der Waals surface area contributed by atoms with Gasteiger partial charge in [0.1, 0.15) is 12.7 Å². The Morgan fingerprint density at radius 3 is 1.50 bits per heavy atom. The van der Waals surface area contributed by atoms with Crippen LogP contribution < -0.4 is 10.6 Å². The number of benzene rings is 3. The summed E-state index contributed by atoms with van der Waals surface area (Å²) in [6.45, 7) is 0. The highest BCUT2D eigenvalue weighted by Crippen LogP contribution is 2.22. The Balaban J connectivity index is 1.30. The van der Waals surface area contributed by atoms with Crippen LogP contribution >= 0.6 is 0 Å². The van der Waals surface area contributed by atoms with Crippen LogP contribution in [0.1, 0.15) is 20.7 Å². The van der Waals surface area contributed by atoms with Gasteiger partial charge in [0.2, 0.25) is 0 Å². The van der Waals surface area contributed by atoms with E-state index in [1.54, 1.807) is 58.2 Å². The van der Waals surface area contributed by atoms with Gasteiger partial charge in [0.25, 0.3) is 11.8 Å². The van der Waals surface area contributed by atoms with E-state index in [1.807, 2.05) is 50.5 Å². The number of carbonyl (C=O) groups excluding carboxylic acids is 2. The minimum absolute atomic E-state index is 0.330. The number of anilines is 2. The van der Waals surface area contributed by atoms with E-state index in [4.69, 9.17) is 0 Å². The highest BCUT2D eigenvalue weighted by molar-refractivity contribution is 6.09. The molecular weight excluding hydrogens is 456 g/mol. The van der Waals surface area contributed by atoms with Crippen LogP contribution in [0.3, 0.4) is 0 Å². The summed E-state index contributed by atoms with van der Waals surface area (Å²) in [4.78, 5) is 25.9. The zero-order valence-corrected chi connectivity index (χ0v) is 19.6. The average Bonchev–Trinajstić information content (AvgIpc) is 3.52. The summed E-state index contributed by atoms with van der Waals surface area (Å²) in [6.07, 6.45) is 3.23. The van der Waals surface area contributed by atoms with Crippen molar-refractivity contribution in [2.24, 2.45) is 14.1 Å². The number of rotatable bonds is 6. The Kier molecular flexibility index (Phi) is 6.06. The molecule has 0 radical (unpaired) electrons. The van der Waals surface area contributed by atoms with Crippen molar-refractivity contribution in [3.05, 3.63) is 96.6 Å². The fraction of sp³-hybridized carbons (Fsp3) is 0.0769. The first-order valence-corrected chi connectivity index (χ1v) is 11.1. The number of nitrogens with one attached hydrogen (secondary N) is 2. The Morgan fingerprint density at radius 2 is 1.08 bits per heavy atom. The van der Waals surface area contributed by atoms with Crippen molar-refractivity contribution in [1.82, 2.24) is 29.5 Å². The lowest BCUT2D eigenvalue weighted by Gasteiger charge is -2.10. The molecule has 5 aromatic rings. The van der Waals surface area contributed by atoms with E-state index in [1.165, 1.54) is 0 Å². The molecule has 0 aliphatic rings. The molecule has 2 heterocycles. The van der Waals surface area contributed by atoms with Crippen LogP contribution in [0.15, 0.2) is 85.5 Å². The van der Waals surface area contributed by atoms with E-state index in [0.717, 1.165) is 11.1 Å². The maximum atomic E-state index is 12.9. The third-order valence-electron chi connectivity index (χ3n) is 5.57. The van der Waals surface area contributed by atoms with Crippen molar-refractivity contribution in [2.75, 3.05) is 10.6 Å². The Labute approximate surface area is 206 Å². The Bertz CT molecular complexity index is 1460. The average molecular weight is 479 g/mol. The molecule has 0 spiro atoms. The van der Waals surface area contributed by atoms with Gasteiger partial charge < -0.3 is 19.8 Å². The maximum absolute atomic E-state index is 12.9. The summed E-state index contributed by atoms with van der Waals surface area (Å²) in [5.41, 5.74) is 3.58. The molecule has 5 rings (SSSR count).